The molecule has 1 aromatic carbocycles. The standard InChI is InChI=1S/C23H36N2O3/c1-18(2)28-23(26)25-14-10-19(11-15-25)5-4-16-27-22-7-3-6-21(17-22)20-8-12-24-13-9-20/h3,6-7,17-20,24H,4-5,8-16H2,1-2H3. The second-order valence-corrected chi connectivity index (χ2v) is 8.45. The molecule has 2 heterocycles. The van der Waals surface area contributed by atoms with E-state index in [1.165, 1.54) is 24.8 Å². The lowest BCUT2D eigenvalue weighted by Crippen LogP contribution is -2.39. The topological polar surface area (TPSA) is 50.8 Å². The molecule has 2 fully saturated rings. The first-order valence-corrected chi connectivity index (χ1v) is 11.0. The normalized spacial score (nSPS) is 19.0. The first-order chi connectivity index (χ1) is 13.6. The Morgan fingerprint density at radius 3 is 2.64 bits per heavy atom. The summed E-state index contributed by atoms with van der Waals surface area (Å²) in [5, 5.41) is 3.43. The van der Waals surface area contributed by atoms with Crippen LogP contribution in [0.5, 0.6) is 5.75 Å². The van der Waals surface area contributed by atoms with Gasteiger partial charge in [-0.1, -0.05) is 12.1 Å². The van der Waals surface area contributed by atoms with Gasteiger partial charge in [0.05, 0.1) is 12.7 Å². The van der Waals surface area contributed by atoms with Crippen LogP contribution >= 0.6 is 0 Å². The molecule has 2 aliphatic rings. The SMILES string of the molecule is CC(C)OC(=O)N1CCC(CCCOc2cccc(C3CCNCC3)c2)CC1. The maximum Gasteiger partial charge on any atom is 0.410 e. The van der Waals surface area contributed by atoms with Crippen molar-refractivity contribution >= 4 is 6.09 Å². The Labute approximate surface area is 169 Å². The largest absolute Gasteiger partial charge is 0.494 e. The maximum absolute atomic E-state index is 12.0. The highest BCUT2D eigenvalue weighted by molar-refractivity contribution is 5.67. The lowest BCUT2D eigenvalue weighted by Gasteiger charge is -2.31. The van der Waals surface area contributed by atoms with Crippen molar-refractivity contribution in [3.05, 3.63) is 29.8 Å². The number of carbonyl (C=O) groups is 1. The van der Waals surface area contributed by atoms with Crippen LogP contribution in [0.3, 0.4) is 0 Å². The highest BCUT2D eigenvalue weighted by Crippen LogP contribution is 2.28. The predicted molar refractivity (Wildman–Crippen MR) is 112 cm³/mol. The van der Waals surface area contributed by atoms with Crippen LogP contribution in [0.25, 0.3) is 0 Å². The third kappa shape index (κ3) is 6.40. The summed E-state index contributed by atoms with van der Waals surface area (Å²) in [6.07, 6.45) is 6.59. The van der Waals surface area contributed by atoms with Crippen molar-refractivity contribution < 1.29 is 14.3 Å². The van der Waals surface area contributed by atoms with E-state index in [0.717, 1.165) is 57.8 Å². The molecular weight excluding hydrogens is 352 g/mol. The number of rotatable bonds is 7. The summed E-state index contributed by atoms with van der Waals surface area (Å²) in [6, 6.07) is 8.66. The summed E-state index contributed by atoms with van der Waals surface area (Å²) in [4.78, 5) is 13.8. The molecule has 0 bridgehead atoms. The molecule has 3 rings (SSSR count). The van der Waals surface area contributed by atoms with Gasteiger partial charge in [0, 0.05) is 13.1 Å². The number of nitrogens with one attached hydrogen (secondary N) is 1. The Hall–Kier alpha value is -1.75. The van der Waals surface area contributed by atoms with Crippen LogP contribution in [0, 0.1) is 5.92 Å². The number of ether oxygens (including phenoxy) is 2. The molecule has 28 heavy (non-hydrogen) atoms. The van der Waals surface area contributed by atoms with Crippen molar-refractivity contribution in [2.45, 2.75) is 64.4 Å². The summed E-state index contributed by atoms with van der Waals surface area (Å²) in [5.74, 6) is 2.35. The second-order valence-electron chi connectivity index (χ2n) is 8.45. The number of amides is 1. The number of piperidine rings is 2. The molecule has 156 valence electrons. The Morgan fingerprint density at radius 2 is 1.93 bits per heavy atom. The molecule has 0 radical (unpaired) electrons. The van der Waals surface area contributed by atoms with E-state index in [2.05, 4.69) is 29.6 Å². The van der Waals surface area contributed by atoms with Gasteiger partial charge in [-0.3, -0.25) is 0 Å². The zero-order valence-corrected chi connectivity index (χ0v) is 17.5. The fraction of sp³-hybridized carbons (Fsp3) is 0.696. The summed E-state index contributed by atoms with van der Waals surface area (Å²) in [5.41, 5.74) is 1.42. The number of hydrogen-bond acceptors (Lipinski definition) is 4. The average molecular weight is 389 g/mol. The smallest absolute Gasteiger partial charge is 0.410 e. The molecule has 5 heteroatoms. The van der Waals surface area contributed by atoms with E-state index < -0.39 is 0 Å². The Kier molecular flexibility index (Phi) is 8.01. The van der Waals surface area contributed by atoms with Crippen LogP contribution in [-0.4, -0.2) is 49.9 Å². The highest BCUT2D eigenvalue weighted by atomic mass is 16.6. The van der Waals surface area contributed by atoms with E-state index in [-0.39, 0.29) is 12.2 Å². The fourth-order valence-corrected chi connectivity index (χ4v) is 4.26. The monoisotopic (exact) mass is 388 g/mol. The quantitative estimate of drug-likeness (QED) is 0.695. The summed E-state index contributed by atoms with van der Waals surface area (Å²) in [7, 11) is 0. The molecular formula is C23H36N2O3. The Balaban J connectivity index is 1.34. The van der Waals surface area contributed by atoms with Gasteiger partial charge in [-0.05, 0) is 95.0 Å². The number of likely N-dealkylation sites (tertiary alicyclic amines) is 1. The molecule has 5 nitrogen and oxygen atoms in total. The van der Waals surface area contributed by atoms with Crippen LogP contribution in [0.15, 0.2) is 24.3 Å². The molecule has 0 unspecified atom stereocenters. The van der Waals surface area contributed by atoms with Crippen molar-refractivity contribution in [2.24, 2.45) is 5.92 Å². The van der Waals surface area contributed by atoms with Crippen LogP contribution in [0.1, 0.15) is 63.9 Å². The molecule has 0 saturated carbocycles. The van der Waals surface area contributed by atoms with Gasteiger partial charge in [0.1, 0.15) is 5.75 Å². The van der Waals surface area contributed by atoms with Crippen molar-refractivity contribution in [3.63, 3.8) is 0 Å². The molecule has 0 atom stereocenters. The summed E-state index contributed by atoms with van der Waals surface area (Å²) >= 11 is 0. The van der Waals surface area contributed by atoms with E-state index in [1.54, 1.807) is 0 Å². The third-order valence-corrected chi connectivity index (χ3v) is 5.90. The molecule has 2 aliphatic heterocycles. The molecule has 0 aliphatic carbocycles. The number of carbonyl (C=O) groups excluding carboxylic acids is 1. The Morgan fingerprint density at radius 1 is 1.18 bits per heavy atom. The van der Waals surface area contributed by atoms with E-state index >= 15 is 0 Å². The van der Waals surface area contributed by atoms with Gasteiger partial charge in [-0.15, -0.1) is 0 Å². The number of hydrogen-bond donors (Lipinski definition) is 1. The Bertz CT molecular complexity index is 606. The van der Waals surface area contributed by atoms with Gasteiger partial charge in [0.25, 0.3) is 0 Å². The zero-order chi connectivity index (χ0) is 19.8. The molecule has 1 aromatic rings. The van der Waals surface area contributed by atoms with E-state index in [4.69, 9.17) is 9.47 Å². The first kappa shape index (κ1) is 21.0. The van der Waals surface area contributed by atoms with Crippen molar-refractivity contribution in [1.29, 1.82) is 0 Å². The number of nitrogens with zero attached hydrogens (tertiary/aromatic N) is 1. The summed E-state index contributed by atoms with van der Waals surface area (Å²) in [6.45, 7) is 8.42. The lowest BCUT2D eigenvalue weighted by atomic mass is 9.90. The minimum Gasteiger partial charge on any atom is -0.494 e. The van der Waals surface area contributed by atoms with Crippen molar-refractivity contribution in [2.75, 3.05) is 32.8 Å². The maximum atomic E-state index is 12.0. The zero-order valence-electron chi connectivity index (χ0n) is 17.5. The van der Waals surface area contributed by atoms with Gasteiger partial charge in [0.2, 0.25) is 0 Å². The van der Waals surface area contributed by atoms with Gasteiger partial charge >= 0.3 is 6.09 Å². The molecule has 2 saturated heterocycles. The van der Waals surface area contributed by atoms with Gasteiger partial charge in [-0.25, -0.2) is 4.79 Å². The summed E-state index contributed by atoms with van der Waals surface area (Å²) < 4.78 is 11.3. The van der Waals surface area contributed by atoms with Crippen molar-refractivity contribution in [1.82, 2.24) is 10.2 Å². The minimum absolute atomic E-state index is 0.0457. The predicted octanol–water partition coefficient (Wildman–Crippen LogP) is 4.57. The van der Waals surface area contributed by atoms with Crippen LogP contribution < -0.4 is 10.1 Å². The molecule has 1 amide bonds. The minimum atomic E-state index is -0.162. The van der Waals surface area contributed by atoms with Crippen LogP contribution in [0.2, 0.25) is 0 Å². The molecule has 0 aromatic heterocycles. The van der Waals surface area contributed by atoms with E-state index in [0.29, 0.717) is 11.8 Å². The van der Waals surface area contributed by atoms with E-state index in [9.17, 15) is 4.79 Å². The van der Waals surface area contributed by atoms with Crippen molar-refractivity contribution in [3.8, 4) is 5.75 Å². The fourth-order valence-electron chi connectivity index (χ4n) is 4.26. The second kappa shape index (κ2) is 10.7. The highest BCUT2D eigenvalue weighted by Gasteiger charge is 2.24. The third-order valence-electron chi connectivity index (χ3n) is 5.90. The number of benzene rings is 1. The van der Waals surface area contributed by atoms with Gasteiger partial charge in [-0.2, -0.15) is 0 Å². The lowest BCUT2D eigenvalue weighted by molar-refractivity contribution is 0.0643. The van der Waals surface area contributed by atoms with E-state index in [1.807, 2.05) is 18.7 Å². The first-order valence-electron chi connectivity index (χ1n) is 11.0. The van der Waals surface area contributed by atoms with Crippen LogP contribution in [-0.2, 0) is 4.74 Å². The van der Waals surface area contributed by atoms with Gasteiger partial charge in [0.15, 0.2) is 0 Å². The molecule has 0 spiro atoms. The van der Waals surface area contributed by atoms with Crippen LogP contribution in [0.4, 0.5) is 4.79 Å². The average Bonchev–Trinajstić information content (AvgIpc) is 2.72. The molecule has 1 N–H and O–H groups in total. The van der Waals surface area contributed by atoms with Gasteiger partial charge < -0.3 is 19.7 Å².